The van der Waals surface area contributed by atoms with Crippen molar-refractivity contribution in [3.8, 4) is 11.3 Å². The molecule has 0 aliphatic rings. The fourth-order valence-corrected chi connectivity index (χ4v) is 2.53. The number of aromatic nitrogens is 1. The average Bonchev–Trinajstić information content (AvgIpc) is 3.14. The molecule has 0 radical (unpaired) electrons. The van der Waals surface area contributed by atoms with Gasteiger partial charge < -0.3 is 15.2 Å². The van der Waals surface area contributed by atoms with Gasteiger partial charge in [-0.05, 0) is 36.8 Å². The molecule has 0 saturated heterocycles. The molecule has 0 fully saturated rings. The Morgan fingerprint density at radius 2 is 1.96 bits per heavy atom. The van der Waals surface area contributed by atoms with E-state index < -0.39 is 17.6 Å². The van der Waals surface area contributed by atoms with Gasteiger partial charge in [0, 0.05) is 22.3 Å². The van der Waals surface area contributed by atoms with Crippen molar-refractivity contribution in [3.05, 3.63) is 70.7 Å². The minimum absolute atomic E-state index is 0.0824. The Morgan fingerprint density at radius 3 is 2.74 bits per heavy atom. The van der Waals surface area contributed by atoms with Gasteiger partial charge in [0.05, 0.1) is 6.54 Å². The third-order valence-corrected chi connectivity index (χ3v) is 4.22. The minimum Gasteiger partial charge on any atom is -0.350 e. The highest BCUT2D eigenvalue weighted by atomic mass is 35.5. The summed E-state index contributed by atoms with van der Waals surface area (Å²) in [5, 5.41) is 9.38. The molecule has 0 unspecified atom stereocenters. The van der Waals surface area contributed by atoms with Gasteiger partial charge in [-0.25, -0.2) is 4.39 Å². The first-order valence-electron chi connectivity index (χ1n) is 8.00. The van der Waals surface area contributed by atoms with E-state index in [9.17, 15) is 14.0 Å². The largest absolute Gasteiger partial charge is 0.350 e. The quantitative estimate of drug-likeness (QED) is 0.697. The molecule has 3 rings (SSSR count). The van der Waals surface area contributed by atoms with Crippen LogP contribution >= 0.6 is 11.6 Å². The van der Waals surface area contributed by atoms with Crippen LogP contribution in [0.1, 0.15) is 16.1 Å². The van der Waals surface area contributed by atoms with E-state index in [-0.39, 0.29) is 12.3 Å². The van der Waals surface area contributed by atoms with Crippen LogP contribution in [-0.4, -0.2) is 23.5 Å². The van der Waals surface area contributed by atoms with Gasteiger partial charge >= 0.3 is 0 Å². The van der Waals surface area contributed by atoms with Crippen LogP contribution in [0.5, 0.6) is 0 Å². The summed E-state index contributed by atoms with van der Waals surface area (Å²) in [4.78, 5) is 24.1. The van der Waals surface area contributed by atoms with Crippen LogP contribution in [0.4, 0.5) is 10.1 Å². The molecule has 0 aliphatic carbocycles. The average molecular weight is 388 g/mol. The van der Waals surface area contributed by atoms with Gasteiger partial charge in [0.2, 0.25) is 11.7 Å². The van der Waals surface area contributed by atoms with Crippen LogP contribution in [0, 0.1) is 12.7 Å². The molecular weight excluding hydrogens is 373 g/mol. The van der Waals surface area contributed by atoms with Gasteiger partial charge in [-0.2, -0.15) is 0 Å². The molecule has 3 aromatic rings. The second-order valence-corrected chi connectivity index (χ2v) is 6.14. The Balaban J connectivity index is 1.59. The van der Waals surface area contributed by atoms with E-state index in [4.69, 9.17) is 16.1 Å². The van der Waals surface area contributed by atoms with Crippen molar-refractivity contribution < 1.29 is 18.5 Å². The molecule has 8 heteroatoms. The van der Waals surface area contributed by atoms with Crippen molar-refractivity contribution >= 4 is 29.1 Å². The fraction of sp³-hybridized carbons (Fsp3) is 0.105. The predicted octanol–water partition coefficient (Wildman–Crippen LogP) is 3.81. The van der Waals surface area contributed by atoms with Crippen molar-refractivity contribution in [2.24, 2.45) is 0 Å². The van der Waals surface area contributed by atoms with Crippen molar-refractivity contribution in [1.82, 2.24) is 10.5 Å². The van der Waals surface area contributed by atoms with Crippen LogP contribution < -0.4 is 10.6 Å². The van der Waals surface area contributed by atoms with E-state index in [0.717, 1.165) is 5.56 Å². The lowest BCUT2D eigenvalue weighted by Gasteiger charge is -2.09. The van der Waals surface area contributed by atoms with E-state index in [1.807, 2.05) is 0 Å². The number of benzene rings is 2. The first kappa shape index (κ1) is 18.6. The molecule has 0 atom stereocenters. The maximum Gasteiger partial charge on any atom is 0.290 e. The monoisotopic (exact) mass is 387 g/mol. The summed E-state index contributed by atoms with van der Waals surface area (Å²) in [6.07, 6.45) is 0. The zero-order chi connectivity index (χ0) is 19.4. The number of anilines is 1. The molecule has 2 amide bonds. The van der Waals surface area contributed by atoms with Gasteiger partial charge in [-0.1, -0.05) is 35.0 Å². The van der Waals surface area contributed by atoms with Gasteiger partial charge in [0.15, 0.2) is 0 Å². The van der Waals surface area contributed by atoms with E-state index in [1.165, 1.54) is 24.3 Å². The molecule has 1 aromatic heterocycles. The van der Waals surface area contributed by atoms with E-state index in [0.29, 0.717) is 22.0 Å². The first-order chi connectivity index (χ1) is 12.9. The molecule has 2 aromatic carbocycles. The normalized spacial score (nSPS) is 10.5. The molecule has 0 spiro atoms. The van der Waals surface area contributed by atoms with Crippen molar-refractivity contribution in [2.45, 2.75) is 6.92 Å². The summed E-state index contributed by atoms with van der Waals surface area (Å²) in [6.45, 7) is 1.51. The van der Waals surface area contributed by atoms with E-state index >= 15 is 0 Å². The van der Waals surface area contributed by atoms with E-state index in [2.05, 4.69) is 15.8 Å². The predicted molar refractivity (Wildman–Crippen MR) is 99.0 cm³/mol. The lowest BCUT2D eigenvalue weighted by Crippen LogP contribution is -2.32. The number of nitrogens with one attached hydrogen (secondary N) is 2. The van der Waals surface area contributed by atoms with Gasteiger partial charge in [0.25, 0.3) is 5.91 Å². The first-order valence-corrected chi connectivity index (χ1v) is 8.37. The SMILES string of the molecule is Cc1c(Cl)cccc1NC(=O)CNC(=O)c1cc(-c2cccc(F)c2)no1. The summed E-state index contributed by atoms with van der Waals surface area (Å²) >= 11 is 6.00. The highest BCUT2D eigenvalue weighted by molar-refractivity contribution is 6.31. The number of halogens is 2. The summed E-state index contributed by atoms with van der Waals surface area (Å²) in [6, 6.07) is 12.3. The maximum atomic E-state index is 13.3. The van der Waals surface area contributed by atoms with Crippen LogP contribution in [-0.2, 0) is 4.79 Å². The molecule has 0 aliphatic heterocycles. The Kier molecular flexibility index (Phi) is 5.52. The molecule has 0 bridgehead atoms. The third-order valence-electron chi connectivity index (χ3n) is 3.81. The lowest BCUT2D eigenvalue weighted by atomic mass is 10.1. The molecule has 1 heterocycles. The molecule has 6 nitrogen and oxygen atoms in total. The zero-order valence-corrected chi connectivity index (χ0v) is 15.0. The number of hydrogen-bond donors (Lipinski definition) is 2. The van der Waals surface area contributed by atoms with E-state index in [1.54, 1.807) is 31.2 Å². The highest BCUT2D eigenvalue weighted by Gasteiger charge is 2.15. The van der Waals surface area contributed by atoms with Gasteiger partial charge in [-0.15, -0.1) is 0 Å². The summed E-state index contributed by atoms with van der Waals surface area (Å²) in [5.74, 6) is -1.53. The number of carbonyl (C=O) groups excluding carboxylic acids is 2. The number of rotatable bonds is 5. The molecule has 0 saturated carbocycles. The lowest BCUT2D eigenvalue weighted by molar-refractivity contribution is -0.115. The highest BCUT2D eigenvalue weighted by Crippen LogP contribution is 2.23. The minimum atomic E-state index is -0.608. The van der Waals surface area contributed by atoms with Gasteiger partial charge in [0.1, 0.15) is 11.5 Å². The molecule has 27 heavy (non-hydrogen) atoms. The third kappa shape index (κ3) is 4.51. The topological polar surface area (TPSA) is 84.2 Å². The Morgan fingerprint density at radius 1 is 1.19 bits per heavy atom. The van der Waals surface area contributed by atoms with Crippen LogP contribution in [0.15, 0.2) is 53.1 Å². The van der Waals surface area contributed by atoms with Crippen molar-refractivity contribution in [1.29, 1.82) is 0 Å². The molecular formula is C19H15ClFN3O3. The Bertz CT molecular complexity index is 1000. The van der Waals surface area contributed by atoms with Crippen molar-refractivity contribution in [3.63, 3.8) is 0 Å². The number of nitrogens with zero attached hydrogens (tertiary/aromatic N) is 1. The maximum absolute atomic E-state index is 13.3. The van der Waals surface area contributed by atoms with Gasteiger partial charge in [-0.3, -0.25) is 9.59 Å². The Hall–Kier alpha value is -3.19. The van der Waals surface area contributed by atoms with Crippen molar-refractivity contribution in [2.75, 3.05) is 11.9 Å². The summed E-state index contributed by atoms with van der Waals surface area (Å²) in [7, 11) is 0. The van der Waals surface area contributed by atoms with Crippen LogP contribution in [0.2, 0.25) is 5.02 Å². The van der Waals surface area contributed by atoms with Crippen LogP contribution in [0.25, 0.3) is 11.3 Å². The van der Waals surface area contributed by atoms with Crippen LogP contribution in [0.3, 0.4) is 0 Å². The number of hydrogen-bond acceptors (Lipinski definition) is 4. The zero-order valence-electron chi connectivity index (χ0n) is 14.3. The second-order valence-electron chi connectivity index (χ2n) is 5.73. The number of carbonyl (C=O) groups is 2. The summed E-state index contributed by atoms with van der Waals surface area (Å²) in [5.41, 5.74) is 2.09. The standard InChI is InChI=1S/C19H15ClFN3O3/c1-11-14(20)6-3-7-15(11)23-18(25)10-22-19(26)17-9-16(24-27-17)12-4-2-5-13(21)8-12/h2-9H,10H2,1H3,(H,22,26)(H,23,25). The summed E-state index contributed by atoms with van der Waals surface area (Å²) < 4.78 is 18.2. The smallest absolute Gasteiger partial charge is 0.290 e. The second kappa shape index (κ2) is 8.01. The Labute approximate surface area is 159 Å². The molecule has 2 N–H and O–H groups in total. The molecule has 138 valence electrons. The fourth-order valence-electron chi connectivity index (χ4n) is 2.35. The number of amides is 2.